The third kappa shape index (κ3) is 6.28. The first-order chi connectivity index (χ1) is 16.8. The van der Waals surface area contributed by atoms with Crippen LogP contribution in [0.25, 0.3) is 6.08 Å². The Morgan fingerprint density at radius 2 is 1.77 bits per heavy atom. The lowest BCUT2D eigenvalue weighted by atomic mass is 10.1. The van der Waals surface area contributed by atoms with Gasteiger partial charge in [-0.15, -0.1) is 0 Å². The number of aliphatic imine (C=N–C) groups is 1. The molecule has 1 aliphatic rings. The maximum Gasteiger partial charge on any atom is 0.344 e. The molecule has 0 aromatic heterocycles. The minimum absolute atomic E-state index is 0.0140. The van der Waals surface area contributed by atoms with Crippen LogP contribution in [-0.4, -0.2) is 41.8 Å². The van der Waals surface area contributed by atoms with E-state index in [1.165, 1.54) is 6.07 Å². The predicted molar refractivity (Wildman–Crippen MR) is 142 cm³/mol. The molecule has 1 N–H and O–H groups in total. The Hall–Kier alpha value is -2.75. The summed E-state index contributed by atoms with van der Waals surface area (Å²) in [5.41, 5.74) is 0.612. The van der Waals surface area contributed by atoms with E-state index in [0.717, 1.165) is 11.8 Å². The van der Waals surface area contributed by atoms with Crippen LogP contribution in [0.15, 0.2) is 62.1 Å². The number of rotatable bonds is 8. The van der Waals surface area contributed by atoms with Crippen molar-refractivity contribution >= 4 is 62.3 Å². The second-order valence-corrected chi connectivity index (χ2v) is 9.24. The number of nitrogens with zero attached hydrogens (tertiary/aromatic N) is 1. The molecule has 0 radical (unpaired) electrons. The van der Waals surface area contributed by atoms with Crippen molar-refractivity contribution < 1.29 is 28.9 Å². The van der Waals surface area contributed by atoms with Gasteiger partial charge >= 0.3 is 5.97 Å². The number of benzene rings is 2. The van der Waals surface area contributed by atoms with Crippen LogP contribution in [-0.2, 0) is 9.53 Å². The molecule has 2 aromatic carbocycles. The smallest absolute Gasteiger partial charge is 0.344 e. The van der Waals surface area contributed by atoms with Crippen molar-refractivity contribution in [3.63, 3.8) is 0 Å². The second-order valence-electron chi connectivity index (χ2n) is 6.94. The molecule has 0 saturated heterocycles. The van der Waals surface area contributed by atoms with E-state index in [0.29, 0.717) is 39.7 Å². The molecule has 184 valence electrons. The van der Waals surface area contributed by atoms with Crippen molar-refractivity contribution in [3.8, 4) is 11.5 Å². The summed E-state index contributed by atoms with van der Waals surface area (Å²) in [6, 6.07) is 9.98. The topological polar surface area (TPSA) is 94.4 Å². The quantitative estimate of drug-likeness (QED) is 0.352. The number of aliphatic hydroxyl groups excluding tert-OH is 1. The first kappa shape index (κ1) is 26.8. The van der Waals surface area contributed by atoms with Crippen LogP contribution >= 0.6 is 39.3 Å². The Balaban J connectivity index is 2.09. The molecule has 7 nitrogen and oxygen atoms in total. The number of ether oxygens (including phenoxy) is 3. The van der Waals surface area contributed by atoms with Gasteiger partial charge in [-0.25, -0.2) is 9.79 Å². The number of carbonyl (C=O) groups is 2. The highest BCUT2D eigenvalue weighted by Gasteiger charge is 2.34. The molecule has 3 rings (SSSR count). The lowest BCUT2D eigenvalue weighted by molar-refractivity contribution is -0.138. The SMILES string of the molecule is CCOC(=O)C1=C(O)/C(=C/c2cc(Br)c(OCC)cc2OCC)SC1=NC(=O)c1ccccc1Cl. The molecule has 1 heterocycles. The summed E-state index contributed by atoms with van der Waals surface area (Å²) < 4.78 is 17.2. The van der Waals surface area contributed by atoms with Crippen LogP contribution in [0.5, 0.6) is 11.5 Å². The zero-order valence-electron chi connectivity index (χ0n) is 19.3. The largest absolute Gasteiger partial charge is 0.506 e. The Morgan fingerprint density at radius 3 is 2.43 bits per heavy atom. The lowest BCUT2D eigenvalue weighted by Gasteiger charge is -2.13. The number of hydrogen-bond donors (Lipinski definition) is 1. The van der Waals surface area contributed by atoms with Gasteiger partial charge in [-0.2, -0.15) is 0 Å². The summed E-state index contributed by atoms with van der Waals surface area (Å²) in [7, 11) is 0. The molecular weight excluding hydrogens is 558 g/mol. The molecule has 0 atom stereocenters. The Bertz CT molecular complexity index is 1240. The average Bonchev–Trinajstić information content (AvgIpc) is 3.11. The average molecular weight is 581 g/mol. The molecule has 0 aliphatic carbocycles. The van der Waals surface area contributed by atoms with Crippen molar-refractivity contribution in [2.75, 3.05) is 19.8 Å². The van der Waals surface area contributed by atoms with Crippen LogP contribution in [0, 0.1) is 0 Å². The highest BCUT2D eigenvalue weighted by Crippen LogP contribution is 2.42. The molecule has 10 heteroatoms. The molecule has 0 unspecified atom stereocenters. The van der Waals surface area contributed by atoms with Crippen molar-refractivity contribution in [3.05, 3.63) is 73.3 Å². The van der Waals surface area contributed by atoms with Gasteiger partial charge < -0.3 is 19.3 Å². The molecule has 2 aromatic rings. The number of halogens is 2. The Morgan fingerprint density at radius 1 is 1.09 bits per heavy atom. The molecular formula is C25H23BrClNO6S. The number of amides is 1. The van der Waals surface area contributed by atoms with Gasteiger partial charge in [0.15, 0.2) is 0 Å². The van der Waals surface area contributed by atoms with Crippen LogP contribution in [0.1, 0.15) is 36.7 Å². The summed E-state index contributed by atoms with van der Waals surface area (Å²) in [5.74, 6) is -0.643. The van der Waals surface area contributed by atoms with E-state index in [9.17, 15) is 14.7 Å². The summed E-state index contributed by atoms with van der Waals surface area (Å²) in [6.45, 7) is 6.35. The van der Waals surface area contributed by atoms with E-state index in [4.69, 9.17) is 25.8 Å². The van der Waals surface area contributed by atoms with Gasteiger partial charge in [-0.05, 0) is 61.0 Å². The summed E-state index contributed by atoms with van der Waals surface area (Å²) >= 11 is 10.6. The highest BCUT2D eigenvalue weighted by atomic mass is 79.9. The van der Waals surface area contributed by atoms with E-state index in [1.807, 2.05) is 13.8 Å². The standard InChI is InChI=1S/C25H23BrClNO6S/c1-4-32-18-13-19(33-5-2)16(26)11-14(18)12-20-22(29)21(25(31)34-6-3)24(35-20)28-23(30)15-9-7-8-10-17(15)27/h7-13,29H,4-6H2,1-3H3/b20-12-,28-24?. The Kier molecular flexibility index (Phi) is 9.42. The third-order valence-corrected chi connectivity index (χ3v) is 6.60. The monoisotopic (exact) mass is 579 g/mol. The highest BCUT2D eigenvalue weighted by molar-refractivity contribution is 9.10. The van der Waals surface area contributed by atoms with Gasteiger partial charge in [0.25, 0.3) is 5.91 Å². The van der Waals surface area contributed by atoms with Crippen molar-refractivity contribution in [2.45, 2.75) is 20.8 Å². The van der Waals surface area contributed by atoms with Gasteiger partial charge in [0.2, 0.25) is 0 Å². The molecule has 0 bridgehead atoms. The van der Waals surface area contributed by atoms with Gasteiger partial charge in [0, 0.05) is 11.6 Å². The summed E-state index contributed by atoms with van der Waals surface area (Å²) in [5, 5.41) is 11.2. The van der Waals surface area contributed by atoms with E-state index in [-0.39, 0.29) is 33.6 Å². The molecule has 0 spiro atoms. The molecule has 0 saturated carbocycles. The van der Waals surface area contributed by atoms with Gasteiger partial charge in [-0.1, -0.05) is 35.5 Å². The number of hydrogen-bond acceptors (Lipinski definition) is 7. The fourth-order valence-corrected chi connectivity index (χ4v) is 4.83. The summed E-state index contributed by atoms with van der Waals surface area (Å²) in [4.78, 5) is 29.8. The first-order valence-electron chi connectivity index (χ1n) is 10.8. The molecule has 35 heavy (non-hydrogen) atoms. The number of thioether (sulfide) groups is 1. The van der Waals surface area contributed by atoms with Crippen LogP contribution in [0.3, 0.4) is 0 Å². The predicted octanol–water partition coefficient (Wildman–Crippen LogP) is 6.60. The van der Waals surface area contributed by atoms with Gasteiger partial charge in [0.1, 0.15) is 27.9 Å². The van der Waals surface area contributed by atoms with Crippen LogP contribution in [0.2, 0.25) is 5.02 Å². The first-order valence-corrected chi connectivity index (χ1v) is 12.8. The van der Waals surface area contributed by atoms with Gasteiger partial charge in [0.05, 0.1) is 39.8 Å². The maximum absolute atomic E-state index is 12.8. The fourth-order valence-electron chi connectivity index (χ4n) is 3.13. The third-order valence-electron chi connectivity index (χ3n) is 4.63. The van der Waals surface area contributed by atoms with Crippen molar-refractivity contribution in [2.24, 2.45) is 4.99 Å². The fraction of sp³-hybridized carbons (Fsp3) is 0.240. The van der Waals surface area contributed by atoms with E-state index in [2.05, 4.69) is 20.9 Å². The molecule has 0 fully saturated rings. The van der Waals surface area contributed by atoms with E-state index in [1.54, 1.807) is 43.3 Å². The molecule has 1 amide bonds. The Labute approximate surface area is 220 Å². The second kappa shape index (κ2) is 12.3. The van der Waals surface area contributed by atoms with Gasteiger partial charge in [-0.3, -0.25) is 4.79 Å². The van der Waals surface area contributed by atoms with Crippen molar-refractivity contribution in [1.29, 1.82) is 0 Å². The zero-order valence-corrected chi connectivity index (χ0v) is 22.4. The minimum Gasteiger partial charge on any atom is -0.506 e. The molecule has 1 aliphatic heterocycles. The van der Waals surface area contributed by atoms with E-state index >= 15 is 0 Å². The van der Waals surface area contributed by atoms with E-state index < -0.39 is 11.9 Å². The normalized spacial score (nSPS) is 15.6. The van der Waals surface area contributed by atoms with Crippen LogP contribution in [0.4, 0.5) is 0 Å². The lowest BCUT2D eigenvalue weighted by Crippen LogP contribution is -2.14. The minimum atomic E-state index is -0.787. The number of aliphatic hydroxyl groups is 1. The zero-order chi connectivity index (χ0) is 25.5. The van der Waals surface area contributed by atoms with Crippen LogP contribution < -0.4 is 9.47 Å². The number of carbonyl (C=O) groups excluding carboxylic acids is 2. The van der Waals surface area contributed by atoms with Crippen molar-refractivity contribution in [1.82, 2.24) is 0 Å². The summed E-state index contributed by atoms with van der Waals surface area (Å²) in [6.07, 6.45) is 1.65. The number of esters is 1. The maximum atomic E-state index is 12.8.